The highest BCUT2D eigenvalue weighted by atomic mass is 16.5. The number of aliphatic hydroxyl groups is 2. The lowest BCUT2D eigenvalue weighted by Crippen LogP contribution is -2.42. The predicted octanol–water partition coefficient (Wildman–Crippen LogP) is 0.398. The minimum atomic E-state index is -2.74. The summed E-state index contributed by atoms with van der Waals surface area (Å²) in [7, 11) is 4.22. The Balaban J connectivity index is 0.000000714. The molecule has 0 amide bonds. The molecule has 1 aromatic carbocycles. The van der Waals surface area contributed by atoms with Crippen LogP contribution in [0.15, 0.2) is 42.5 Å². The number of aliphatic carboxylic acids is 6. The summed E-state index contributed by atoms with van der Waals surface area (Å²) < 4.78 is 5.79. The van der Waals surface area contributed by atoms with Gasteiger partial charge in [-0.25, -0.2) is 9.59 Å². The van der Waals surface area contributed by atoms with Gasteiger partial charge in [-0.2, -0.15) is 0 Å². The van der Waals surface area contributed by atoms with Crippen LogP contribution in [0.5, 0.6) is 5.75 Å². The average Bonchev–Trinajstić information content (AvgIpc) is 2.92. The van der Waals surface area contributed by atoms with Crippen LogP contribution in [-0.4, -0.2) is 145 Å². The number of likely N-dealkylation sites (N-methyl/N-ethyl adjacent to an activating group) is 1. The van der Waals surface area contributed by atoms with Crippen LogP contribution in [-0.2, 0) is 28.8 Å². The third-order valence-corrected chi connectivity index (χ3v) is 6.41. The van der Waals surface area contributed by atoms with Crippen LogP contribution in [0, 0.1) is 5.92 Å². The van der Waals surface area contributed by atoms with Crippen LogP contribution in [0.4, 0.5) is 0 Å². The number of rotatable bonds is 17. The van der Waals surface area contributed by atoms with Crippen LogP contribution >= 0.6 is 0 Å². The fourth-order valence-electron chi connectivity index (χ4n) is 4.15. The van der Waals surface area contributed by atoms with Crippen molar-refractivity contribution in [1.29, 1.82) is 0 Å². The van der Waals surface area contributed by atoms with E-state index in [9.17, 15) is 28.8 Å². The molecule has 0 saturated carbocycles. The number of para-hydroxylation sites is 1. The van der Waals surface area contributed by atoms with Gasteiger partial charge < -0.3 is 50.5 Å². The van der Waals surface area contributed by atoms with Crippen molar-refractivity contribution in [3.8, 4) is 5.75 Å². The number of piperidine rings is 1. The van der Waals surface area contributed by atoms with Crippen molar-refractivity contribution in [2.75, 3.05) is 46.9 Å². The topological polar surface area (TPSA) is 280 Å². The van der Waals surface area contributed by atoms with E-state index in [1.165, 1.54) is 25.9 Å². The first-order valence-electron chi connectivity index (χ1n) is 14.3. The smallest absolute Gasteiger partial charge is 0.336 e. The van der Waals surface area contributed by atoms with E-state index in [1.54, 1.807) is 0 Å². The van der Waals surface area contributed by atoms with E-state index in [2.05, 4.69) is 36.0 Å². The lowest BCUT2D eigenvalue weighted by molar-refractivity contribution is -0.170. The van der Waals surface area contributed by atoms with Gasteiger partial charge in [0.1, 0.15) is 12.4 Å². The van der Waals surface area contributed by atoms with Gasteiger partial charge in [0.15, 0.2) is 11.2 Å². The molecule has 0 aliphatic carbocycles. The minimum Gasteiger partial charge on any atom is -0.492 e. The molecule has 0 spiro atoms. The van der Waals surface area contributed by atoms with Crippen molar-refractivity contribution < 1.29 is 74.4 Å². The van der Waals surface area contributed by atoms with Crippen LogP contribution in [0.25, 0.3) is 0 Å². The molecule has 0 bridgehead atoms. The highest BCUT2D eigenvalue weighted by molar-refractivity contribution is 5.88. The second kappa shape index (κ2) is 21.3. The summed E-state index contributed by atoms with van der Waals surface area (Å²) in [5.41, 5.74) is -5.48. The van der Waals surface area contributed by atoms with Gasteiger partial charge in [0.2, 0.25) is 0 Å². The quantitative estimate of drug-likeness (QED) is 0.104. The van der Waals surface area contributed by atoms with E-state index in [-0.39, 0.29) is 0 Å². The highest BCUT2D eigenvalue weighted by Crippen LogP contribution is 2.18. The van der Waals surface area contributed by atoms with Crippen LogP contribution < -0.4 is 4.74 Å². The second-order valence-electron chi connectivity index (χ2n) is 11.0. The molecule has 264 valence electrons. The molecular weight excluding hydrogens is 628 g/mol. The zero-order valence-electron chi connectivity index (χ0n) is 26.2. The molecular formula is C30H44N2O15. The Morgan fingerprint density at radius 2 is 1.26 bits per heavy atom. The molecule has 0 aromatic heterocycles. The van der Waals surface area contributed by atoms with E-state index >= 15 is 0 Å². The number of nitrogens with zero attached hydrogens (tertiary/aromatic N) is 2. The number of carboxylic acids is 6. The molecule has 1 heterocycles. The zero-order valence-corrected chi connectivity index (χ0v) is 26.2. The highest BCUT2D eigenvalue weighted by Gasteiger charge is 2.41. The van der Waals surface area contributed by atoms with E-state index in [1.807, 2.05) is 30.3 Å². The first-order valence-corrected chi connectivity index (χ1v) is 14.3. The van der Waals surface area contributed by atoms with Gasteiger partial charge in [-0.1, -0.05) is 30.4 Å². The van der Waals surface area contributed by atoms with E-state index < -0.39 is 72.7 Å². The second-order valence-corrected chi connectivity index (χ2v) is 11.0. The number of benzene rings is 1. The van der Waals surface area contributed by atoms with E-state index in [4.69, 9.17) is 45.6 Å². The molecule has 1 aliphatic heterocycles. The molecule has 2 rings (SSSR count). The molecule has 1 aliphatic rings. The molecule has 47 heavy (non-hydrogen) atoms. The SMILES string of the molecule is CN(C)C/C=C/C1CCCN(CCOc2ccccc2)C1.O=C(O)CC(O)(CC(=O)O)C(=O)O.O=C(O)CC(O)(CC(=O)O)C(=O)O. The van der Waals surface area contributed by atoms with Crippen molar-refractivity contribution in [2.45, 2.75) is 49.7 Å². The van der Waals surface area contributed by atoms with Crippen molar-refractivity contribution in [3.63, 3.8) is 0 Å². The summed E-state index contributed by atoms with van der Waals surface area (Å²) in [4.78, 5) is 65.7. The van der Waals surface area contributed by atoms with Gasteiger partial charge in [0.05, 0.1) is 25.7 Å². The van der Waals surface area contributed by atoms with Gasteiger partial charge in [0, 0.05) is 19.6 Å². The third kappa shape index (κ3) is 19.5. The largest absolute Gasteiger partial charge is 0.492 e. The normalized spacial score (nSPS) is 15.0. The number of carbonyl (C=O) groups is 6. The standard InChI is InChI=1S/C18H28N2O.2C6H8O7/c1-19(2)12-6-8-17-9-7-13-20(16-17)14-15-21-18-10-4-3-5-11-18;2*7-3(8)1-6(13,5(11)12)2-4(9)10/h3-6,8,10-11,17H,7,9,12-16H2,1-2H3;2*13H,1-2H2,(H,7,8)(H,9,10)(H,11,12)/b8-6+;;. The zero-order chi connectivity index (χ0) is 36.2. The first kappa shape index (κ1) is 42.4. The fraction of sp³-hybridized carbons (Fsp3) is 0.533. The van der Waals surface area contributed by atoms with Gasteiger partial charge in [-0.05, 0) is 51.5 Å². The molecule has 1 aromatic rings. The molecule has 0 radical (unpaired) electrons. The molecule has 8 N–H and O–H groups in total. The predicted molar refractivity (Wildman–Crippen MR) is 163 cm³/mol. The van der Waals surface area contributed by atoms with Crippen LogP contribution in [0.1, 0.15) is 38.5 Å². The monoisotopic (exact) mass is 672 g/mol. The third-order valence-electron chi connectivity index (χ3n) is 6.41. The molecule has 1 fully saturated rings. The Kier molecular flexibility index (Phi) is 19.2. The molecule has 1 saturated heterocycles. The molecule has 1 atom stereocenters. The summed E-state index contributed by atoms with van der Waals surface area (Å²) >= 11 is 0. The van der Waals surface area contributed by atoms with Gasteiger partial charge in [-0.15, -0.1) is 0 Å². The summed E-state index contributed by atoms with van der Waals surface area (Å²) in [6.45, 7) is 5.21. The Hall–Kier alpha value is -4.58. The molecule has 17 heteroatoms. The average molecular weight is 673 g/mol. The summed E-state index contributed by atoms with van der Waals surface area (Å²) in [6.07, 6.45) is 2.73. The van der Waals surface area contributed by atoms with Gasteiger partial charge in [0.25, 0.3) is 0 Å². The number of hydrogen-bond acceptors (Lipinski definition) is 11. The maximum absolute atomic E-state index is 10.3. The Bertz CT molecular complexity index is 1120. The van der Waals surface area contributed by atoms with Crippen LogP contribution in [0.3, 0.4) is 0 Å². The summed E-state index contributed by atoms with van der Waals surface area (Å²) in [5, 5.41) is 67.6. The number of carboxylic acid groups (broad SMARTS) is 6. The summed E-state index contributed by atoms with van der Waals surface area (Å²) in [5.74, 6) is -8.36. The van der Waals surface area contributed by atoms with Gasteiger partial charge in [-0.3, -0.25) is 24.1 Å². The Labute approximate surface area is 270 Å². The maximum atomic E-state index is 10.3. The van der Waals surface area contributed by atoms with Crippen molar-refractivity contribution in [3.05, 3.63) is 42.5 Å². The molecule has 1 unspecified atom stereocenters. The van der Waals surface area contributed by atoms with Crippen LogP contribution in [0.2, 0.25) is 0 Å². The number of hydrogen-bond donors (Lipinski definition) is 8. The fourth-order valence-corrected chi connectivity index (χ4v) is 4.15. The van der Waals surface area contributed by atoms with Crippen molar-refractivity contribution in [2.24, 2.45) is 5.92 Å². The Morgan fingerprint density at radius 1 is 0.809 bits per heavy atom. The van der Waals surface area contributed by atoms with Crippen molar-refractivity contribution in [1.82, 2.24) is 9.80 Å². The van der Waals surface area contributed by atoms with E-state index in [0.717, 1.165) is 25.4 Å². The lowest BCUT2D eigenvalue weighted by atomic mass is 9.96. The molecule has 17 nitrogen and oxygen atoms in total. The number of ether oxygens (including phenoxy) is 1. The maximum Gasteiger partial charge on any atom is 0.336 e. The summed E-state index contributed by atoms with van der Waals surface area (Å²) in [6, 6.07) is 10.1. The minimum absolute atomic E-state index is 0.704. The Morgan fingerprint density at radius 3 is 1.64 bits per heavy atom. The van der Waals surface area contributed by atoms with Gasteiger partial charge >= 0.3 is 35.8 Å². The van der Waals surface area contributed by atoms with Crippen molar-refractivity contribution >= 4 is 35.8 Å². The first-order chi connectivity index (χ1) is 21.8. The van der Waals surface area contributed by atoms with E-state index in [0.29, 0.717) is 5.92 Å². The lowest BCUT2D eigenvalue weighted by Gasteiger charge is -2.31. The number of likely N-dealkylation sites (tertiary alicyclic amines) is 1.